The van der Waals surface area contributed by atoms with Crippen LogP contribution in [0.25, 0.3) is 10.9 Å². The van der Waals surface area contributed by atoms with Gasteiger partial charge < -0.3 is 4.98 Å². The number of hydrogen-bond acceptors (Lipinski definition) is 4. The number of nitro benzene ring substituents is 1. The van der Waals surface area contributed by atoms with Crippen molar-refractivity contribution in [3.05, 3.63) is 69.9 Å². The summed E-state index contributed by atoms with van der Waals surface area (Å²) >= 11 is 0. The molecule has 0 fully saturated rings. The third kappa shape index (κ3) is 4.00. The first-order valence-electron chi connectivity index (χ1n) is 7.71. The second-order valence-corrected chi connectivity index (χ2v) is 5.70. The second-order valence-electron chi connectivity index (χ2n) is 5.70. The Morgan fingerprint density at radius 1 is 1.19 bits per heavy atom. The molecule has 0 aliphatic heterocycles. The Bertz CT molecular complexity index is 1010. The number of anilines is 1. The lowest BCUT2D eigenvalue weighted by Gasteiger charge is -2.11. The number of hydrazine groups is 1. The van der Waals surface area contributed by atoms with Crippen molar-refractivity contribution in [2.75, 3.05) is 5.43 Å². The van der Waals surface area contributed by atoms with Gasteiger partial charge in [-0.3, -0.25) is 25.8 Å². The Kier molecular flexibility index (Phi) is 4.72. The number of amides is 1. The van der Waals surface area contributed by atoms with E-state index in [-0.39, 0.29) is 12.1 Å². The summed E-state index contributed by atoms with van der Waals surface area (Å²) in [7, 11) is 0. The number of aromatic nitrogens is 1. The number of nitrogens with zero attached hydrogens (tertiary/aromatic N) is 1. The average molecular weight is 378 g/mol. The van der Waals surface area contributed by atoms with Crippen LogP contribution in [0, 0.1) is 10.1 Å². The van der Waals surface area contributed by atoms with Gasteiger partial charge in [-0.05, 0) is 23.8 Å². The molecule has 0 aliphatic rings. The molecule has 3 N–H and O–H groups in total. The van der Waals surface area contributed by atoms with Crippen molar-refractivity contribution in [2.45, 2.75) is 12.6 Å². The summed E-state index contributed by atoms with van der Waals surface area (Å²) in [5, 5.41) is 11.9. The standard InChI is InChI=1S/C17H13F3N4O3/c18-17(19,20)11-5-6-14(15(8-11)24(26)27)22-23-16(25)7-10-9-21-13-4-2-1-3-12(10)13/h1-6,8-9,21-22H,7H2,(H,23,25). The van der Waals surface area contributed by atoms with E-state index < -0.39 is 28.3 Å². The molecule has 1 heterocycles. The first-order chi connectivity index (χ1) is 12.8. The molecule has 0 radical (unpaired) electrons. The van der Waals surface area contributed by atoms with Gasteiger partial charge in [0.2, 0.25) is 5.91 Å². The molecule has 0 saturated heterocycles. The Morgan fingerprint density at radius 3 is 2.63 bits per heavy atom. The smallest absolute Gasteiger partial charge is 0.361 e. The number of hydrogen-bond donors (Lipinski definition) is 3. The van der Waals surface area contributed by atoms with Gasteiger partial charge in [-0.1, -0.05) is 18.2 Å². The van der Waals surface area contributed by atoms with Crippen molar-refractivity contribution in [3.63, 3.8) is 0 Å². The second kappa shape index (κ2) is 6.98. The number of para-hydroxylation sites is 1. The van der Waals surface area contributed by atoms with E-state index in [0.717, 1.165) is 17.0 Å². The van der Waals surface area contributed by atoms with Crippen molar-refractivity contribution in [2.24, 2.45) is 0 Å². The molecule has 0 atom stereocenters. The third-order valence-corrected chi connectivity index (χ3v) is 3.88. The molecule has 1 amide bonds. The van der Waals surface area contributed by atoms with Crippen LogP contribution in [0.4, 0.5) is 24.5 Å². The van der Waals surface area contributed by atoms with Crippen LogP contribution in [0.15, 0.2) is 48.7 Å². The maximum Gasteiger partial charge on any atom is 0.416 e. The minimum atomic E-state index is -4.71. The van der Waals surface area contributed by atoms with Gasteiger partial charge in [0.25, 0.3) is 5.69 Å². The SMILES string of the molecule is O=C(Cc1c[nH]c2ccccc12)NNc1ccc(C(F)(F)F)cc1[N+](=O)[O-]. The topological polar surface area (TPSA) is 100 Å². The molecule has 1 aromatic heterocycles. The fourth-order valence-electron chi connectivity index (χ4n) is 2.60. The van der Waals surface area contributed by atoms with Crippen molar-refractivity contribution >= 4 is 28.2 Å². The van der Waals surface area contributed by atoms with Crippen molar-refractivity contribution < 1.29 is 22.9 Å². The molecule has 7 nitrogen and oxygen atoms in total. The Hall–Kier alpha value is -3.56. The van der Waals surface area contributed by atoms with Crippen LogP contribution in [0.2, 0.25) is 0 Å². The number of carbonyl (C=O) groups excluding carboxylic acids is 1. The molecular weight excluding hydrogens is 365 g/mol. The van der Waals surface area contributed by atoms with Gasteiger partial charge in [0.05, 0.1) is 16.9 Å². The summed E-state index contributed by atoms with van der Waals surface area (Å²) in [5.41, 5.74) is 3.96. The molecular formula is C17H13F3N4O3. The Labute approximate surface area is 150 Å². The molecule has 0 bridgehead atoms. The van der Waals surface area contributed by atoms with E-state index in [2.05, 4.69) is 15.8 Å². The first kappa shape index (κ1) is 18.2. The van der Waals surface area contributed by atoms with Gasteiger partial charge >= 0.3 is 6.18 Å². The number of halogens is 3. The van der Waals surface area contributed by atoms with Crippen molar-refractivity contribution in [1.29, 1.82) is 0 Å². The number of benzene rings is 2. The number of rotatable bonds is 5. The number of alkyl halides is 3. The van der Waals surface area contributed by atoms with Crippen LogP contribution in [-0.4, -0.2) is 15.8 Å². The highest BCUT2D eigenvalue weighted by molar-refractivity contribution is 5.89. The van der Waals surface area contributed by atoms with E-state index in [1.807, 2.05) is 24.3 Å². The van der Waals surface area contributed by atoms with E-state index in [9.17, 15) is 28.1 Å². The van der Waals surface area contributed by atoms with E-state index in [1.165, 1.54) is 0 Å². The summed E-state index contributed by atoms with van der Waals surface area (Å²) in [6.45, 7) is 0. The van der Waals surface area contributed by atoms with Gasteiger partial charge in [0, 0.05) is 23.2 Å². The molecule has 140 valence electrons. The Balaban J connectivity index is 1.72. The molecule has 0 saturated carbocycles. The lowest BCUT2D eigenvalue weighted by molar-refractivity contribution is -0.384. The number of aromatic amines is 1. The van der Waals surface area contributed by atoms with Crippen LogP contribution in [-0.2, 0) is 17.4 Å². The van der Waals surface area contributed by atoms with Crippen LogP contribution in [0.3, 0.4) is 0 Å². The summed E-state index contributed by atoms with van der Waals surface area (Å²) in [6.07, 6.45) is -3.06. The number of H-pyrrole nitrogens is 1. The van der Waals surface area contributed by atoms with Crippen LogP contribution < -0.4 is 10.9 Å². The van der Waals surface area contributed by atoms with Gasteiger partial charge in [0.15, 0.2) is 0 Å². The molecule has 3 rings (SSSR count). The summed E-state index contributed by atoms with van der Waals surface area (Å²) in [5.74, 6) is -0.506. The van der Waals surface area contributed by atoms with Crippen molar-refractivity contribution in [1.82, 2.24) is 10.4 Å². The quantitative estimate of drug-likeness (QED) is 0.465. The van der Waals surface area contributed by atoms with E-state index in [0.29, 0.717) is 17.7 Å². The fraction of sp³-hybridized carbons (Fsp3) is 0.118. The normalized spacial score (nSPS) is 11.4. The third-order valence-electron chi connectivity index (χ3n) is 3.88. The van der Waals surface area contributed by atoms with E-state index >= 15 is 0 Å². The lowest BCUT2D eigenvalue weighted by atomic mass is 10.1. The molecule has 2 aromatic carbocycles. The zero-order valence-corrected chi connectivity index (χ0v) is 13.6. The summed E-state index contributed by atoms with van der Waals surface area (Å²) in [6, 6.07) is 9.35. The molecule has 27 heavy (non-hydrogen) atoms. The van der Waals surface area contributed by atoms with Crippen LogP contribution >= 0.6 is 0 Å². The lowest BCUT2D eigenvalue weighted by Crippen LogP contribution is -2.31. The van der Waals surface area contributed by atoms with E-state index in [4.69, 9.17) is 0 Å². The fourth-order valence-corrected chi connectivity index (χ4v) is 2.60. The number of fused-ring (bicyclic) bond motifs is 1. The van der Waals surface area contributed by atoms with Gasteiger partial charge in [-0.25, -0.2) is 0 Å². The first-order valence-corrected chi connectivity index (χ1v) is 7.71. The molecule has 3 aromatic rings. The minimum absolute atomic E-state index is 0.0224. The highest BCUT2D eigenvalue weighted by Gasteiger charge is 2.33. The maximum absolute atomic E-state index is 12.7. The largest absolute Gasteiger partial charge is 0.416 e. The number of nitrogens with one attached hydrogen (secondary N) is 3. The zero-order valence-electron chi connectivity index (χ0n) is 13.6. The monoisotopic (exact) mass is 378 g/mol. The van der Waals surface area contributed by atoms with Gasteiger partial charge in [-0.15, -0.1) is 0 Å². The molecule has 0 aliphatic carbocycles. The predicted octanol–water partition coefficient (Wildman–Crippen LogP) is 3.78. The van der Waals surface area contributed by atoms with Gasteiger partial charge in [-0.2, -0.15) is 13.2 Å². The predicted molar refractivity (Wildman–Crippen MR) is 91.9 cm³/mol. The van der Waals surface area contributed by atoms with E-state index in [1.54, 1.807) is 6.20 Å². The van der Waals surface area contributed by atoms with Crippen molar-refractivity contribution in [3.8, 4) is 0 Å². The number of nitro groups is 1. The average Bonchev–Trinajstić information content (AvgIpc) is 3.02. The highest BCUT2D eigenvalue weighted by Crippen LogP contribution is 2.34. The summed E-state index contributed by atoms with van der Waals surface area (Å²) in [4.78, 5) is 25.2. The minimum Gasteiger partial charge on any atom is -0.361 e. The van der Waals surface area contributed by atoms with Crippen LogP contribution in [0.1, 0.15) is 11.1 Å². The van der Waals surface area contributed by atoms with Crippen LogP contribution in [0.5, 0.6) is 0 Å². The van der Waals surface area contributed by atoms with Gasteiger partial charge in [0.1, 0.15) is 5.69 Å². The Morgan fingerprint density at radius 2 is 1.93 bits per heavy atom. The molecule has 10 heteroatoms. The maximum atomic E-state index is 12.7. The summed E-state index contributed by atoms with van der Waals surface area (Å²) < 4.78 is 38.1. The molecule has 0 spiro atoms. The highest BCUT2D eigenvalue weighted by atomic mass is 19.4. The zero-order chi connectivity index (χ0) is 19.6. The number of carbonyl (C=O) groups is 1. The molecule has 0 unspecified atom stereocenters.